The zero-order valence-electron chi connectivity index (χ0n) is 9.03. The van der Waals surface area contributed by atoms with E-state index in [1.54, 1.807) is 6.20 Å². The van der Waals surface area contributed by atoms with Crippen molar-refractivity contribution in [1.29, 1.82) is 0 Å². The molecule has 0 aliphatic heterocycles. The van der Waals surface area contributed by atoms with Crippen LogP contribution in [0.25, 0.3) is 0 Å². The van der Waals surface area contributed by atoms with Crippen LogP contribution in [0, 0.1) is 17.3 Å². The van der Waals surface area contributed by atoms with E-state index in [0.717, 1.165) is 0 Å². The van der Waals surface area contributed by atoms with Crippen molar-refractivity contribution < 1.29 is 9.90 Å². The highest BCUT2D eigenvalue weighted by Gasteiger charge is 2.05. The number of pyridine rings is 1. The topological polar surface area (TPSA) is 50.2 Å². The molecule has 0 bridgehead atoms. The molecule has 0 spiro atoms. The molecule has 1 rings (SSSR count). The zero-order chi connectivity index (χ0) is 11.5. The first-order valence-electron chi connectivity index (χ1n) is 4.60. The minimum Gasteiger partial charge on any atom is -0.478 e. The van der Waals surface area contributed by atoms with Gasteiger partial charge in [-0.2, -0.15) is 0 Å². The van der Waals surface area contributed by atoms with Gasteiger partial charge in [-0.3, -0.25) is 4.98 Å². The van der Waals surface area contributed by atoms with Crippen LogP contribution in [0.15, 0.2) is 18.5 Å². The van der Waals surface area contributed by atoms with E-state index in [0.29, 0.717) is 5.56 Å². The monoisotopic (exact) mass is 203 g/mol. The van der Waals surface area contributed by atoms with Crippen LogP contribution in [0.3, 0.4) is 0 Å². The van der Waals surface area contributed by atoms with Gasteiger partial charge >= 0.3 is 5.97 Å². The quantitative estimate of drug-likeness (QED) is 0.712. The number of carbonyl (C=O) groups is 1. The SMILES string of the molecule is CC(C)(C)C#Cc1cncc(C(=O)O)c1. The van der Waals surface area contributed by atoms with Crippen LogP contribution in [-0.2, 0) is 0 Å². The molecule has 0 saturated heterocycles. The Kier molecular flexibility index (Phi) is 3.11. The molecule has 0 amide bonds. The summed E-state index contributed by atoms with van der Waals surface area (Å²) in [5, 5.41) is 8.75. The second-order valence-corrected chi connectivity index (χ2v) is 4.27. The third kappa shape index (κ3) is 3.82. The van der Waals surface area contributed by atoms with Crippen LogP contribution in [0.5, 0.6) is 0 Å². The molecule has 0 unspecified atom stereocenters. The van der Waals surface area contributed by atoms with Crippen LogP contribution >= 0.6 is 0 Å². The van der Waals surface area contributed by atoms with Crippen molar-refractivity contribution in [2.24, 2.45) is 5.41 Å². The number of aromatic carboxylic acids is 1. The van der Waals surface area contributed by atoms with E-state index < -0.39 is 5.97 Å². The van der Waals surface area contributed by atoms with Crippen LogP contribution in [0.4, 0.5) is 0 Å². The van der Waals surface area contributed by atoms with Gasteiger partial charge in [-0.1, -0.05) is 11.8 Å². The van der Waals surface area contributed by atoms with Gasteiger partial charge in [0.15, 0.2) is 0 Å². The van der Waals surface area contributed by atoms with Gasteiger partial charge in [-0.25, -0.2) is 4.79 Å². The van der Waals surface area contributed by atoms with Crippen molar-refractivity contribution >= 4 is 5.97 Å². The van der Waals surface area contributed by atoms with Crippen LogP contribution in [0.2, 0.25) is 0 Å². The summed E-state index contributed by atoms with van der Waals surface area (Å²) in [6.07, 6.45) is 2.87. The Balaban J connectivity index is 3.00. The first-order chi connectivity index (χ1) is 6.88. The second-order valence-electron chi connectivity index (χ2n) is 4.27. The highest BCUT2D eigenvalue weighted by atomic mass is 16.4. The van der Waals surface area contributed by atoms with E-state index in [1.807, 2.05) is 20.8 Å². The number of hydrogen-bond donors (Lipinski definition) is 1. The highest BCUT2D eigenvalue weighted by Crippen LogP contribution is 2.11. The predicted molar refractivity (Wildman–Crippen MR) is 57.5 cm³/mol. The second kappa shape index (κ2) is 4.14. The van der Waals surface area contributed by atoms with E-state index in [9.17, 15) is 4.79 Å². The normalized spacial score (nSPS) is 10.3. The van der Waals surface area contributed by atoms with Crippen LogP contribution < -0.4 is 0 Å². The molecule has 78 valence electrons. The lowest BCUT2D eigenvalue weighted by Gasteiger charge is -2.06. The molecule has 0 saturated carbocycles. The van der Waals surface area contributed by atoms with Gasteiger partial charge < -0.3 is 5.11 Å². The summed E-state index contributed by atoms with van der Waals surface area (Å²) in [6.45, 7) is 5.98. The Morgan fingerprint density at radius 3 is 2.60 bits per heavy atom. The Morgan fingerprint density at radius 2 is 2.07 bits per heavy atom. The van der Waals surface area contributed by atoms with Crippen molar-refractivity contribution in [3.63, 3.8) is 0 Å². The van der Waals surface area contributed by atoms with E-state index >= 15 is 0 Å². The van der Waals surface area contributed by atoms with Gasteiger partial charge in [0.25, 0.3) is 0 Å². The molecule has 0 atom stereocenters. The lowest BCUT2D eigenvalue weighted by molar-refractivity contribution is 0.0696. The standard InChI is InChI=1S/C12H13NO2/c1-12(2,3)5-4-9-6-10(11(14)15)8-13-7-9/h6-8H,1-3H3,(H,14,15). The lowest BCUT2D eigenvalue weighted by Crippen LogP contribution is -2.00. The fraction of sp³-hybridized carbons (Fsp3) is 0.333. The summed E-state index contributed by atoms with van der Waals surface area (Å²) in [5.41, 5.74) is 0.694. The van der Waals surface area contributed by atoms with E-state index in [4.69, 9.17) is 5.11 Å². The van der Waals surface area contributed by atoms with E-state index in [1.165, 1.54) is 12.3 Å². The molecule has 3 heteroatoms. The Bertz CT molecular complexity index is 433. The minimum absolute atomic E-state index is 0.0980. The van der Waals surface area contributed by atoms with Crippen LogP contribution in [0.1, 0.15) is 36.7 Å². The average molecular weight is 203 g/mol. The number of aromatic nitrogens is 1. The Morgan fingerprint density at radius 1 is 1.40 bits per heavy atom. The van der Waals surface area contributed by atoms with Gasteiger partial charge in [0.05, 0.1) is 5.56 Å². The summed E-state index contributed by atoms with van der Waals surface area (Å²) >= 11 is 0. The summed E-state index contributed by atoms with van der Waals surface area (Å²) in [6, 6.07) is 1.52. The molecule has 0 aromatic carbocycles. The van der Waals surface area contributed by atoms with Gasteiger partial charge in [-0.15, -0.1) is 0 Å². The lowest BCUT2D eigenvalue weighted by atomic mass is 9.97. The van der Waals surface area contributed by atoms with Crippen molar-refractivity contribution in [1.82, 2.24) is 4.98 Å². The number of rotatable bonds is 1. The van der Waals surface area contributed by atoms with Crippen molar-refractivity contribution in [3.8, 4) is 11.8 Å². The number of nitrogens with zero attached hydrogens (tertiary/aromatic N) is 1. The third-order valence-electron chi connectivity index (χ3n) is 1.57. The first-order valence-corrected chi connectivity index (χ1v) is 4.60. The van der Waals surface area contributed by atoms with Gasteiger partial charge in [-0.05, 0) is 26.8 Å². The van der Waals surface area contributed by atoms with Gasteiger partial charge in [0.2, 0.25) is 0 Å². The zero-order valence-corrected chi connectivity index (χ0v) is 9.03. The summed E-state index contributed by atoms with van der Waals surface area (Å²) in [7, 11) is 0. The maximum absolute atomic E-state index is 10.7. The number of hydrogen-bond acceptors (Lipinski definition) is 2. The number of carboxylic acid groups (broad SMARTS) is 1. The molecule has 1 heterocycles. The maximum atomic E-state index is 10.7. The molecule has 3 nitrogen and oxygen atoms in total. The Hall–Kier alpha value is -1.82. The van der Waals surface area contributed by atoms with E-state index in [2.05, 4.69) is 16.8 Å². The molecule has 1 aromatic heterocycles. The first kappa shape index (κ1) is 11.3. The molecule has 0 radical (unpaired) electrons. The van der Waals surface area contributed by atoms with Gasteiger partial charge in [0.1, 0.15) is 0 Å². The third-order valence-corrected chi connectivity index (χ3v) is 1.57. The van der Waals surface area contributed by atoms with Crippen molar-refractivity contribution in [3.05, 3.63) is 29.6 Å². The molecular weight excluding hydrogens is 190 g/mol. The largest absolute Gasteiger partial charge is 0.478 e. The molecular formula is C12H13NO2. The van der Waals surface area contributed by atoms with Gasteiger partial charge in [0, 0.05) is 23.4 Å². The molecule has 1 N–H and O–H groups in total. The van der Waals surface area contributed by atoms with E-state index in [-0.39, 0.29) is 11.0 Å². The number of carboxylic acids is 1. The molecule has 0 aliphatic rings. The molecule has 0 fully saturated rings. The molecule has 15 heavy (non-hydrogen) atoms. The maximum Gasteiger partial charge on any atom is 0.337 e. The minimum atomic E-state index is -0.984. The van der Waals surface area contributed by atoms with Crippen LogP contribution in [-0.4, -0.2) is 16.1 Å². The predicted octanol–water partition coefficient (Wildman–Crippen LogP) is 2.18. The van der Waals surface area contributed by atoms with Crippen molar-refractivity contribution in [2.75, 3.05) is 0 Å². The fourth-order valence-corrected chi connectivity index (χ4v) is 0.885. The average Bonchev–Trinajstić information content (AvgIpc) is 2.14. The smallest absolute Gasteiger partial charge is 0.337 e. The van der Waals surface area contributed by atoms with Crippen molar-refractivity contribution in [2.45, 2.75) is 20.8 Å². The highest BCUT2D eigenvalue weighted by molar-refractivity contribution is 5.87. The molecule has 0 aliphatic carbocycles. The Labute approximate surface area is 89.2 Å². The fourth-order valence-electron chi connectivity index (χ4n) is 0.885. The molecule has 1 aromatic rings. The summed E-state index contributed by atoms with van der Waals surface area (Å²) in [4.78, 5) is 14.5. The summed E-state index contributed by atoms with van der Waals surface area (Å²) in [5.74, 6) is 4.94. The summed E-state index contributed by atoms with van der Waals surface area (Å²) < 4.78 is 0.